The third-order valence-electron chi connectivity index (χ3n) is 3.27. The van der Waals surface area contributed by atoms with Crippen LogP contribution in [0, 0.1) is 10.5 Å². The van der Waals surface area contributed by atoms with Gasteiger partial charge < -0.3 is 0 Å². The van der Waals surface area contributed by atoms with Crippen molar-refractivity contribution in [2.75, 3.05) is 0 Å². The molecule has 2 aromatic carbocycles. The lowest BCUT2D eigenvalue weighted by Gasteiger charge is -2.05. The summed E-state index contributed by atoms with van der Waals surface area (Å²) in [5, 5.41) is 1.56. The molecule has 21 heavy (non-hydrogen) atoms. The van der Waals surface area contributed by atoms with Gasteiger partial charge in [0.15, 0.2) is 5.78 Å². The summed E-state index contributed by atoms with van der Waals surface area (Å²) in [7, 11) is 0. The van der Waals surface area contributed by atoms with Crippen molar-refractivity contribution in [2.24, 2.45) is 0 Å². The van der Waals surface area contributed by atoms with Crippen molar-refractivity contribution in [1.29, 1.82) is 0 Å². The second kappa shape index (κ2) is 5.73. The molecule has 2 nitrogen and oxygen atoms in total. The number of hydrogen-bond acceptors (Lipinski definition) is 2. The molecular formula is C17H11ClINO. The van der Waals surface area contributed by atoms with Crippen molar-refractivity contribution >= 4 is 50.9 Å². The van der Waals surface area contributed by atoms with Gasteiger partial charge in [0, 0.05) is 25.8 Å². The minimum absolute atomic E-state index is 0.0317. The van der Waals surface area contributed by atoms with E-state index < -0.39 is 0 Å². The Hall–Kier alpha value is -1.46. The number of halogens is 2. The van der Waals surface area contributed by atoms with E-state index in [1.807, 2.05) is 43.3 Å². The van der Waals surface area contributed by atoms with Crippen LogP contribution in [0.5, 0.6) is 0 Å². The van der Waals surface area contributed by atoms with Gasteiger partial charge in [-0.3, -0.25) is 9.78 Å². The number of aromatic nitrogens is 1. The van der Waals surface area contributed by atoms with E-state index in [1.54, 1.807) is 12.1 Å². The number of benzene rings is 2. The molecule has 0 N–H and O–H groups in total. The third kappa shape index (κ3) is 2.94. The lowest BCUT2D eigenvalue weighted by atomic mass is 10.0. The molecule has 4 heteroatoms. The van der Waals surface area contributed by atoms with E-state index in [9.17, 15) is 4.79 Å². The van der Waals surface area contributed by atoms with E-state index in [4.69, 9.17) is 11.6 Å². The van der Waals surface area contributed by atoms with E-state index >= 15 is 0 Å². The highest BCUT2D eigenvalue weighted by atomic mass is 127. The molecule has 0 aliphatic heterocycles. The smallest absolute Gasteiger partial charge is 0.193 e. The summed E-state index contributed by atoms with van der Waals surface area (Å²) in [6, 6.07) is 14.8. The zero-order valence-corrected chi connectivity index (χ0v) is 14.1. The molecule has 0 radical (unpaired) electrons. The van der Waals surface area contributed by atoms with Gasteiger partial charge in [-0.2, -0.15) is 0 Å². The Kier molecular flexibility index (Phi) is 3.95. The zero-order valence-electron chi connectivity index (χ0n) is 11.2. The number of fused-ring (bicyclic) bond motifs is 1. The van der Waals surface area contributed by atoms with Crippen molar-refractivity contribution in [3.63, 3.8) is 0 Å². The predicted molar refractivity (Wildman–Crippen MR) is 94.1 cm³/mol. The van der Waals surface area contributed by atoms with E-state index in [0.29, 0.717) is 16.1 Å². The maximum atomic E-state index is 12.5. The van der Waals surface area contributed by atoms with Gasteiger partial charge in [-0.15, -0.1) is 0 Å². The molecule has 0 aliphatic rings. The molecule has 0 atom stereocenters. The summed E-state index contributed by atoms with van der Waals surface area (Å²) in [5.74, 6) is -0.0317. The van der Waals surface area contributed by atoms with Crippen molar-refractivity contribution in [3.8, 4) is 0 Å². The lowest BCUT2D eigenvalue weighted by molar-refractivity contribution is 0.103. The summed E-state index contributed by atoms with van der Waals surface area (Å²) in [6.07, 6.45) is 0. The lowest BCUT2D eigenvalue weighted by Crippen LogP contribution is -2.01. The van der Waals surface area contributed by atoms with Crippen molar-refractivity contribution < 1.29 is 4.79 Å². The van der Waals surface area contributed by atoms with Gasteiger partial charge >= 0.3 is 0 Å². The first kappa shape index (κ1) is 14.5. The fraction of sp³-hybridized carbons (Fsp3) is 0.0588. The van der Waals surface area contributed by atoms with Gasteiger partial charge in [0.05, 0.1) is 10.5 Å². The first-order valence-corrected chi connectivity index (χ1v) is 7.87. The Labute approximate surface area is 141 Å². The second-order valence-corrected chi connectivity index (χ2v) is 6.39. The minimum atomic E-state index is -0.0317. The van der Waals surface area contributed by atoms with Crippen LogP contribution in [0.15, 0.2) is 48.5 Å². The normalized spacial score (nSPS) is 10.8. The van der Waals surface area contributed by atoms with Crippen LogP contribution in [-0.4, -0.2) is 10.8 Å². The number of carbonyl (C=O) groups excluding carboxylic acids is 1. The van der Waals surface area contributed by atoms with Crippen LogP contribution in [0.4, 0.5) is 0 Å². The Morgan fingerprint density at radius 2 is 1.76 bits per heavy atom. The first-order chi connectivity index (χ1) is 10.0. The maximum Gasteiger partial charge on any atom is 0.193 e. The standard InChI is InChI=1S/C17H11ClINO/c1-10-2-3-11-8-12(5-7-16(11)20-10)17(21)13-4-6-15(19)14(18)9-13/h2-9H,1H3. The van der Waals surface area contributed by atoms with Crippen LogP contribution in [0.25, 0.3) is 10.9 Å². The van der Waals surface area contributed by atoms with Crippen molar-refractivity contribution in [2.45, 2.75) is 6.92 Å². The molecule has 0 spiro atoms. The Bertz CT molecular complexity index is 861. The first-order valence-electron chi connectivity index (χ1n) is 6.42. The zero-order chi connectivity index (χ0) is 15.0. The van der Waals surface area contributed by atoms with Gasteiger partial charge in [0.2, 0.25) is 0 Å². The van der Waals surface area contributed by atoms with E-state index in [2.05, 4.69) is 27.6 Å². The molecule has 1 heterocycles. The quantitative estimate of drug-likeness (QED) is 0.440. The highest BCUT2D eigenvalue weighted by Gasteiger charge is 2.11. The van der Waals surface area contributed by atoms with E-state index in [-0.39, 0.29) is 5.78 Å². The van der Waals surface area contributed by atoms with Crippen LogP contribution in [-0.2, 0) is 0 Å². The van der Waals surface area contributed by atoms with Gasteiger partial charge in [0.25, 0.3) is 0 Å². The van der Waals surface area contributed by atoms with Crippen LogP contribution in [0.1, 0.15) is 21.6 Å². The van der Waals surface area contributed by atoms with E-state index in [0.717, 1.165) is 20.2 Å². The van der Waals surface area contributed by atoms with Gasteiger partial charge in [-0.05, 0) is 72.0 Å². The number of aryl methyl sites for hydroxylation is 1. The van der Waals surface area contributed by atoms with Crippen molar-refractivity contribution in [3.05, 3.63) is 73.9 Å². The summed E-state index contributed by atoms with van der Waals surface area (Å²) >= 11 is 8.23. The van der Waals surface area contributed by atoms with Gasteiger partial charge in [-0.1, -0.05) is 17.7 Å². The fourth-order valence-electron chi connectivity index (χ4n) is 2.17. The molecule has 0 fully saturated rings. The predicted octanol–water partition coefficient (Wildman–Crippen LogP) is 5.03. The summed E-state index contributed by atoms with van der Waals surface area (Å²) in [6.45, 7) is 1.95. The number of rotatable bonds is 2. The molecule has 0 saturated heterocycles. The Morgan fingerprint density at radius 1 is 1.05 bits per heavy atom. The maximum absolute atomic E-state index is 12.5. The van der Waals surface area contributed by atoms with Crippen LogP contribution in [0.3, 0.4) is 0 Å². The molecule has 0 saturated carbocycles. The van der Waals surface area contributed by atoms with Crippen LogP contribution in [0.2, 0.25) is 5.02 Å². The molecule has 3 rings (SSSR count). The van der Waals surface area contributed by atoms with Gasteiger partial charge in [0.1, 0.15) is 0 Å². The second-order valence-electron chi connectivity index (χ2n) is 4.82. The molecule has 0 bridgehead atoms. The van der Waals surface area contributed by atoms with E-state index in [1.165, 1.54) is 0 Å². The average Bonchev–Trinajstić information content (AvgIpc) is 2.49. The van der Waals surface area contributed by atoms with Crippen LogP contribution >= 0.6 is 34.2 Å². The average molecular weight is 408 g/mol. The van der Waals surface area contributed by atoms with Crippen molar-refractivity contribution in [1.82, 2.24) is 4.98 Å². The number of nitrogens with zero attached hydrogens (tertiary/aromatic N) is 1. The topological polar surface area (TPSA) is 30.0 Å². The third-order valence-corrected chi connectivity index (χ3v) is 4.84. The van der Waals surface area contributed by atoms with Crippen LogP contribution < -0.4 is 0 Å². The number of carbonyl (C=O) groups is 1. The summed E-state index contributed by atoms with van der Waals surface area (Å²) in [5.41, 5.74) is 3.10. The monoisotopic (exact) mass is 407 g/mol. The Balaban J connectivity index is 2.04. The number of ketones is 1. The molecule has 1 aromatic heterocycles. The number of pyridine rings is 1. The number of hydrogen-bond donors (Lipinski definition) is 0. The van der Waals surface area contributed by atoms with Gasteiger partial charge in [-0.25, -0.2) is 0 Å². The highest BCUT2D eigenvalue weighted by molar-refractivity contribution is 14.1. The highest BCUT2D eigenvalue weighted by Crippen LogP contribution is 2.22. The summed E-state index contributed by atoms with van der Waals surface area (Å²) < 4.78 is 0.934. The SMILES string of the molecule is Cc1ccc2cc(C(=O)c3ccc(I)c(Cl)c3)ccc2n1. The molecular weight excluding hydrogens is 397 g/mol. The molecule has 0 aliphatic carbocycles. The Morgan fingerprint density at radius 3 is 2.52 bits per heavy atom. The summed E-state index contributed by atoms with van der Waals surface area (Å²) in [4.78, 5) is 17.0. The molecule has 0 unspecified atom stereocenters. The minimum Gasteiger partial charge on any atom is -0.289 e. The molecule has 104 valence electrons. The largest absolute Gasteiger partial charge is 0.289 e. The fourth-order valence-corrected chi connectivity index (χ4v) is 2.69. The molecule has 3 aromatic rings. The molecule has 0 amide bonds.